The molecule has 2 aromatic heterocycles. The molecule has 0 aliphatic heterocycles. The van der Waals surface area contributed by atoms with Gasteiger partial charge in [0.05, 0.1) is 11.2 Å². The lowest BCUT2D eigenvalue weighted by molar-refractivity contribution is 0.626. The Morgan fingerprint density at radius 3 is 2.50 bits per heavy atom. The molecule has 0 spiro atoms. The lowest BCUT2D eigenvalue weighted by atomic mass is 10.0. The summed E-state index contributed by atoms with van der Waals surface area (Å²) in [6.07, 6.45) is 3.82. The molecule has 0 aliphatic carbocycles. The molecule has 5 nitrogen and oxygen atoms in total. The van der Waals surface area contributed by atoms with Crippen LogP contribution < -0.4 is 10.3 Å². The van der Waals surface area contributed by atoms with E-state index in [9.17, 15) is 9.18 Å². The Labute approximate surface area is 178 Å². The molecule has 0 saturated heterocycles. The van der Waals surface area contributed by atoms with Gasteiger partial charge >= 0.3 is 0 Å². The van der Waals surface area contributed by atoms with Crippen molar-refractivity contribution in [2.24, 2.45) is 7.05 Å². The van der Waals surface area contributed by atoms with E-state index >= 15 is 0 Å². The van der Waals surface area contributed by atoms with Crippen molar-refractivity contribution in [1.29, 1.82) is 0 Å². The zero-order valence-corrected chi connectivity index (χ0v) is 18.2. The normalized spacial score (nSPS) is 11.2. The molecule has 0 radical (unpaired) electrons. The van der Waals surface area contributed by atoms with E-state index in [1.807, 2.05) is 32.4 Å². The van der Waals surface area contributed by atoms with E-state index in [0.29, 0.717) is 12.1 Å². The summed E-state index contributed by atoms with van der Waals surface area (Å²) < 4.78 is 20.4. The van der Waals surface area contributed by atoms with Gasteiger partial charge in [0.15, 0.2) is 0 Å². The average Bonchev–Trinajstić information content (AvgIpc) is 3.03. The molecule has 2 heterocycles. The van der Waals surface area contributed by atoms with E-state index in [4.69, 9.17) is 4.98 Å². The Bertz CT molecular complexity index is 1270. The quantitative estimate of drug-likeness (QED) is 0.465. The van der Waals surface area contributed by atoms with E-state index in [2.05, 4.69) is 21.4 Å². The van der Waals surface area contributed by atoms with Crippen LogP contribution >= 0.6 is 11.9 Å². The molecule has 0 bridgehead atoms. The minimum Gasteiger partial charge on any atom is -0.328 e. The van der Waals surface area contributed by atoms with Crippen LogP contribution in [0.2, 0.25) is 0 Å². The van der Waals surface area contributed by atoms with Gasteiger partial charge < -0.3 is 13.9 Å². The summed E-state index contributed by atoms with van der Waals surface area (Å²) in [5.74, 6) is 0.636. The SMILES string of the molecule is CSNc1cc(-c2cc(C)c(=O)n(C)c2)cc2c1nc(C)n2Cc1ccc(F)cc1. The number of hydrogen-bond acceptors (Lipinski definition) is 4. The standard InChI is InChI=1S/C23H23FN4OS/c1-14-9-18(13-27(3)23(14)29)17-10-20(26-30-4)22-21(11-17)28(15(2)25-22)12-16-5-7-19(24)8-6-16/h5-11,13,26H,12H2,1-4H3. The highest BCUT2D eigenvalue weighted by Crippen LogP contribution is 2.33. The number of pyridine rings is 1. The van der Waals surface area contributed by atoms with Crippen LogP contribution in [-0.4, -0.2) is 20.4 Å². The number of aromatic nitrogens is 3. The highest BCUT2D eigenvalue weighted by Gasteiger charge is 2.15. The third-order valence-electron chi connectivity index (χ3n) is 5.21. The average molecular weight is 423 g/mol. The fraction of sp³-hybridized carbons (Fsp3) is 0.217. The van der Waals surface area contributed by atoms with E-state index < -0.39 is 0 Å². The molecular formula is C23H23FN4OS. The van der Waals surface area contributed by atoms with Crippen LogP contribution in [0.1, 0.15) is 17.0 Å². The summed E-state index contributed by atoms with van der Waals surface area (Å²) in [6.45, 7) is 4.40. The van der Waals surface area contributed by atoms with Crippen molar-refractivity contribution >= 4 is 28.7 Å². The van der Waals surface area contributed by atoms with Crippen molar-refractivity contribution in [2.45, 2.75) is 20.4 Å². The van der Waals surface area contributed by atoms with E-state index in [-0.39, 0.29) is 11.4 Å². The van der Waals surface area contributed by atoms with Crippen LogP contribution in [-0.2, 0) is 13.6 Å². The van der Waals surface area contributed by atoms with Crippen LogP contribution in [0.3, 0.4) is 0 Å². The molecule has 0 amide bonds. The fourth-order valence-corrected chi connectivity index (χ4v) is 4.08. The maximum absolute atomic E-state index is 13.3. The fourth-order valence-electron chi connectivity index (χ4n) is 3.70. The summed E-state index contributed by atoms with van der Waals surface area (Å²) in [5, 5.41) is 0. The Morgan fingerprint density at radius 1 is 1.10 bits per heavy atom. The Balaban J connectivity index is 1.91. The van der Waals surface area contributed by atoms with E-state index in [1.54, 1.807) is 23.7 Å². The second-order valence-electron chi connectivity index (χ2n) is 7.40. The van der Waals surface area contributed by atoms with Gasteiger partial charge in [-0.3, -0.25) is 4.79 Å². The number of benzene rings is 2. The molecule has 2 aromatic carbocycles. The Hall–Kier alpha value is -3.06. The van der Waals surface area contributed by atoms with Gasteiger partial charge in [0.25, 0.3) is 5.56 Å². The molecular weight excluding hydrogens is 399 g/mol. The van der Waals surface area contributed by atoms with Crippen LogP contribution in [0.4, 0.5) is 10.1 Å². The van der Waals surface area contributed by atoms with Crippen molar-refractivity contribution in [1.82, 2.24) is 14.1 Å². The largest absolute Gasteiger partial charge is 0.328 e. The van der Waals surface area contributed by atoms with Gasteiger partial charge in [0, 0.05) is 31.6 Å². The number of hydrogen-bond donors (Lipinski definition) is 1. The maximum atomic E-state index is 13.3. The molecule has 0 fully saturated rings. The van der Waals surface area contributed by atoms with Crippen molar-refractivity contribution in [3.8, 4) is 11.1 Å². The number of rotatable bonds is 5. The number of nitrogens with zero attached hydrogens (tertiary/aromatic N) is 3. The molecule has 4 aromatic rings. The van der Waals surface area contributed by atoms with Crippen molar-refractivity contribution in [3.63, 3.8) is 0 Å². The van der Waals surface area contributed by atoms with Crippen LogP contribution in [0.15, 0.2) is 53.5 Å². The molecule has 0 unspecified atom stereocenters. The summed E-state index contributed by atoms with van der Waals surface area (Å²) in [5.41, 5.74) is 6.45. The summed E-state index contributed by atoms with van der Waals surface area (Å²) >= 11 is 1.51. The van der Waals surface area contributed by atoms with Gasteiger partial charge in [0.2, 0.25) is 0 Å². The van der Waals surface area contributed by atoms with Crippen LogP contribution in [0, 0.1) is 19.7 Å². The van der Waals surface area contributed by atoms with Crippen LogP contribution in [0.5, 0.6) is 0 Å². The predicted octanol–water partition coefficient (Wildman–Crippen LogP) is 4.90. The number of anilines is 1. The highest BCUT2D eigenvalue weighted by atomic mass is 32.2. The van der Waals surface area contributed by atoms with Crippen LogP contribution in [0.25, 0.3) is 22.2 Å². The molecule has 0 atom stereocenters. The van der Waals surface area contributed by atoms with Gasteiger partial charge in [-0.15, -0.1) is 0 Å². The molecule has 4 rings (SSSR count). The first-order valence-electron chi connectivity index (χ1n) is 9.59. The lowest BCUT2D eigenvalue weighted by Crippen LogP contribution is -2.18. The third kappa shape index (κ3) is 3.73. The maximum Gasteiger partial charge on any atom is 0.253 e. The van der Waals surface area contributed by atoms with E-state index in [1.165, 1.54) is 24.1 Å². The predicted molar refractivity (Wildman–Crippen MR) is 123 cm³/mol. The molecule has 30 heavy (non-hydrogen) atoms. The Morgan fingerprint density at radius 2 is 1.83 bits per heavy atom. The summed E-state index contributed by atoms with van der Waals surface area (Å²) in [4.78, 5) is 16.9. The Kier molecular flexibility index (Phi) is 5.39. The first-order valence-corrected chi connectivity index (χ1v) is 10.8. The smallest absolute Gasteiger partial charge is 0.253 e. The summed E-state index contributed by atoms with van der Waals surface area (Å²) in [7, 11) is 1.77. The van der Waals surface area contributed by atoms with E-state index in [0.717, 1.165) is 39.2 Å². The molecule has 1 N–H and O–H groups in total. The zero-order chi connectivity index (χ0) is 21.4. The zero-order valence-electron chi connectivity index (χ0n) is 17.4. The first-order chi connectivity index (χ1) is 14.4. The number of aryl methyl sites for hydroxylation is 3. The second kappa shape index (κ2) is 7.99. The number of halogens is 1. The van der Waals surface area contributed by atoms with Gasteiger partial charge in [-0.05, 0) is 60.9 Å². The minimum absolute atomic E-state index is 0.000476. The molecule has 0 aliphatic rings. The van der Waals surface area contributed by atoms with Crippen molar-refractivity contribution in [3.05, 3.63) is 81.8 Å². The highest BCUT2D eigenvalue weighted by molar-refractivity contribution is 7.99. The summed E-state index contributed by atoms with van der Waals surface area (Å²) in [6, 6.07) is 12.6. The number of imidazole rings is 1. The second-order valence-corrected chi connectivity index (χ2v) is 8.01. The van der Waals surface area contributed by atoms with Gasteiger partial charge in [-0.2, -0.15) is 0 Å². The monoisotopic (exact) mass is 422 g/mol. The van der Waals surface area contributed by atoms with Crippen molar-refractivity contribution < 1.29 is 4.39 Å². The number of nitrogens with one attached hydrogen (secondary N) is 1. The minimum atomic E-state index is -0.246. The van der Waals surface area contributed by atoms with Gasteiger partial charge in [-0.1, -0.05) is 24.1 Å². The van der Waals surface area contributed by atoms with Crippen molar-refractivity contribution in [2.75, 3.05) is 11.0 Å². The van der Waals surface area contributed by atoms with Gasteiger partial charge in [-0.25, -0.2) is 9.37 Å². The molecule has 154 valence electrons. The topological polar surface area (TPSA) is 51.9 Å². The third-order valence-corrected chi connectivity index (χ3v) is 5.63. The molecule has 0 saturated carbocycles. The lowest BCUT2D eigenvalue weighted by Gasteiger charge is -2.12. The first kappa shape index (κ1) is 20.2. The van der Waals surface area contributed by atoms with Gasteiger partial charge in [0.1, 0.15) is 17.2 Å². The molecule has 7 heteroatoms. The number of fused-ring (bicyclic) bond motifs is 1.